The minimum atomic E-state index is 0.884. The van der Waals surface area contributed by atoms with Gasteiger partial charge < -0.3 is 10.1 Å². The van der Waals surface area contributed by atoms with Crippen LogP contribution in [0, 0.1) is 0 Å². The highest BCUT2D eigenvalue weighted by molar-refractivity contribution is 5.38. The van der Waals surface area contributed by atoms with E-state index in [1.807, 2.05) is 0 Å². The molecule has 1 aliphatic rings. The summed E-state index contributed by atoms with van der Waals surface area (Å²) in [4.78, 5) is 0. The van der Waals surface area contributed by atoms with E-state index in [1.165, 1.54) is 36.8 Å². The van der Waals surface area contributed by atoms with E-state index in [0.717, 1.165) is 31.9 Å². The van der Waals surface area contributed by atoms with Crippen molar-refractivity contribution in [2.24, 2.45) is 0 Å². The molecule has 94 valence electrons. The first kappa shape index (κ1) is 12.4. The molecule has 0 spiro atoms. The van der Waals surface area contributed by atoms with Crippen molar-refractivity contribution in [3.05, 3.63) is 29.3 Å². The monoisotopic (exact) mass is 233 g/mol. The van der Waals surface area contributed by atoms with E-state index in [2.05, 4.69) is 30.4 Å². The van der Waals surface area contributed by atoms with E-state index in [-0.39, 0.29) is 0 Å². The Bertz CT molecular complexity index is 349. The fraction of sp³-hybridized carbons (Fsp3) is 0.600. The van der Waals surface area contributed by atoms with Gasteiger partial charge in [0.1, 0.15) is 5.75 Å². The first-order chi connectivity index (χ1) is 8.40. The van der Waals surface area contributed by atoms with Crippen LogP contribution < -0.4 is 10.1 Å². The van der Waals surface area contributed by atoms with Gasteiger partial charge in [-0.05, 0) is 62.4 Å². The summed E-state index contributed by atoms with van der Waals surface area (Å²) in [6, 6.07) is 6.70. The average Bonchev–Trinajstić information content (AvgIpc) is 2.38. The molecule has 0 amide bonds. The zero-order valence-corrected chi connectivity index (χ0v) is 10.8. The Morgan fingerprint density at radius 1 is 1.29 bits per heavy atom. The Morgan fingerprint density at radius 3 is 3.12 bits per heavy atom. The Hall–Kier alpha value is -1.02. The summed E-state index contributed by atoms with van der Waals surface area (Å²) in [5, 5.41) is 3.36. The number of unbranched alkanes of at least 4 members (excludes halogenated alkanes) is 1. The van der Waals surface area contributed by atoms with Crippen molar-refractivity contribution in [1.82, 2.24) is 5.32 Å². The van der Waals surface area contributed by atoms with Crippen LogP contribution >= 0.6 is 0 Å². The zero-order valence-electron chi connectivity index (χ0n) is 10.8. The number of ether oxygens (including phenoxy) is 1. The lowest BCUT2D eigenvalue weighted by atomic mass is 10.0. The van der Waals surface area contributed by atoms with Crippen molar-refractivity contribution < 1.29 is 4.74 Å². The van der Waals surface area contributed by atoms with Gasteiger partial charge in [-0.2, -0.15) is 0 Å². The van der Waals surface area contributed by atoms with Gasteiger partial charge in [0.25, 0.3) is 0 Å². The summed E-state index contributed by atoms with van der Waals surface area (Å²) >= 11 is 0. The molecule has 1 aromatic rings. The van der Waals surface area contributed by atoms with Gasteiger partial charge in [0.05, 0.1) is 6.61 Å². The van der Waals surface area contributed by atoms with Crippen molar-refractivity contribution in [3.63, 3.8) is 0 Å². The van der Waals surface area contributed by atoms with Crippen molar-refractivity contribution in [1.29, 1.82) is 0 Å². The van der Waals surface area contributed by atoms with E-state index in [9.17, 15) is 0 Å². The Kier molecular flexibility index (Phi) is 4.87. The molecule has 0 saturated carbocycles. The van der Waals surface area contributed by atoms with Crippen LogP contribution in [0.1, 0.15) is 37.3 Å². The highest BCUT2D eigenvalue weighted by atomic mass is 16.5. The van der Waals surface area contributed by atoms with Crippen LogP contribution in [-0.4, -0.2) is 19.7 Å². The van der Waals surface area contributed by atoms with Gasteiger partial charge in [-0.15, -0.1) is 0 Å². The van der Waals surface area contributed by atoms with Crippen LogP contribution in [-0.2, 0) is 12.8 Å². The number of nitrogens with one attached hydrogen (secondary N) is 1. The topological polar surface area (TPSA) is 21.3 Å². The van der Waals surface area contributed by atoms with E-state index in [0.29, 0.717) is 0 Å². The number of hydrogen-bond acceptors (Lipinski definition) is 2. The molecular weight excluding hydrogens is 210 g/mol. The largest absolute Gasteiger partial charge is 0.493 e. The average molecular weight is 233 g/mol. The van der Waals surface area contributed by atoms with E-state index in [4.69, 9.17) is 4.74 Å². The number of rotatable bonds is 6. The van der Waals surface area contributed by atoms with Gasteiger partial charge in [-0.25, -0.2) is 0 Å². The molecule has 0 radical (unpaired) electrons. The standard InChI is InChI=1S/C15H23NO/c1-2-16-10-4-3-6-13-8-9-15-14(12-13)7-5-11-17-15/h8-9,12,16H,2-7,10-11H2,1H3. The lowest BCUT2D eigenvalue weighted by molar-refractivity contribution is 0.288. The fourth-order valence-corrected chi connectivity index (χ4v) is 2.33. The first-order valence-electron chi connectivity index (χ1n) is 6.85. The van der Waals surface area contributed by atoms with Crippen LogP contribution in [0.2, 0.25) is 0 Å². The predicted octanol–water partition coefficient (Wildman–Crippen LogP) is 2.94. The summed E-state index contributed by atoms with van der Waals surface area (Å²) in [6.07, 6.45) is 6.07. The number of benzene rings is 1. The highest BCUT2D eigenvalue weighted by Crippen LogP contribution is 2.25. The zero-order chi connectivity index (χ0) is 11.9. The first-order valence-corrected chi connectivity index (χ1v) is 6.85. The van der Waals surface area contributed by atoms with Crippen LogP contribution in [0.3, 0.4) is 0 Å². The minimum absolute atomic E-state index is 0.884. The normalized spacial score (nSPS) is 14.2. The molecular formula is C15H23NO. The van der Waals surface area contributed by atoms with E-state index < -0.39 is 0 Å². The van der Waals surface area contributed by atoms with Gasteiger partial charge in [-0.3, -0.25) is 0 Å². The van der Waals surface area contributed by atoms with Crippen LogP contribution in [0.5, 0.6) is 5.75 Å². The molecule has 0 bridgehead atoms. The third-order valence-electron chi connectivity index (χ3n) is 3.29. The molecule has 0 aliphatic carbocycles. The highest BCUT2D eigenvalue weighted by Gasteiger charge is 2.09. The fourth-order valence-electron chi connectivity index (χ4n) is 2.33. The SMILES string of the molecule is CCNCCCCc1ccc2c(c1)CCCO2. The predicted molar refractivity (Wildman–Crippen MR) is 71.7 cm³/mol. The molecule has 2 heteroatoms. The second-order valence-electron chi connectivity index (χ2n) is 4.70. The molecule has 0 atom stereocenters. The van der Waals surface area contributed by atoms with Gasteiger partial charge in [-0.1, -0.05) is 19.1 Å². The molecule has 2 rings (SSSR count). The molecule has 0 aromatic heterocycles. The van der Waals surface area contributed by atoms with Gasteiger partial charge in [0, 0.05) is 0 Å². The van der Waals surface area contributed by atoms with Gasteiger partial charge in [0.15, 0.2) is 0 Å². The summed E-state index contributed by atoms with van der Waals surface area (Å²) in [7, 11) is 0. The summed E-state index contributed by atoms with van der Waals surface area (Å²) in [5.41, 5.74) is 2.87. The number of hydrogen-bond donors (Lipinski definition) is 1. The summed E-state index contributed by atoms with van der Waals surface area (Å²) < 4.78 is 5.63. The minimum Gasteiger partial charge on any atom is -0.493 e. The van der Waals surface area contributed by atoms with Crippen LogP contribution in [0.15, 0.2) is 18.2 Å². The second kappa shape index (κ2) is 6.65. The molecule has 1 heterocycles. The maximum Gasteiger partial charge on any atom is 0.122 e. The van der Waals surface area contributed by atoms with Crippen molar-refractivity contribution >= 4 is 0 Å². The lowest BCUT2D eigenvalue weighted by Crippen LogP contribution is -2.14. The van der Waals surface area contributed by atoms with Gasteiger partial charge in [0.2, 0.25) is 0 Å². The second-order valence-corrected chi connectivity index (χ2v) is 4.70. The smallest absolute Gasteiger partial charge is 0.122 e. The molecule has 1 aliphatic heterocycles. The maximum absolute atomic E-state index is 5.63. The molecule has 1 N–H and O–H groups in total. The third-order valence-corrected chi connectivity index (χ3v) is 3.29. The quantitative estimate of drug-likeness (QED) is 0.763. The van der Waals surface area contributed by atoms with Gasteiger partial charge >= 0.3 is 0 Å². The van der Waals surface area contributed by atoms with E-state index in [1.54, 1.807) is 0 Å². The van der Waals surface area contributed by atoms with Crippen molar-refractivity contribution in [3.8, 4) is 5.75 Å². The molecule has 0 unspecified atom stereocenters. The maximum atomic E-state index is 5.63. The number of aryl methyl sites for hydroxylation is 2. The van der Waals surface area contributed by atoms with Crippen molar-refractivity contribution in [2.45, 2.75) is 39.0 Å². The van der Waals surface area contributed by atoms with E-state index >= 15 is 0 Å². The third kappa shape index (κ3) is 3.74. The molecule has 2 nitrogen and oxygen atoms in total. The molecule has 1 aromatic carbocycles. The van der Waals surface area contributed by atoms with Crippen molar-refractivity contribution in [2.75, 3.05) is 19.7 Å². The summed E-state index contributed by atoms with van der Waals surface area (Å²) in [6.45, 7) is 5.26. The number of fused-ring (bicyclic) bond motifs is 1. The molecule has 17 heavy (non-hydrogen) atoms. The Morgan fingerprint density at radius 2 is 2.24 bits per heavy atom. The Balaban J connectivity index is 1.81. The molecule has 0 saturated heterocycles. The Labute approximate surface area is 104 Å². The lowest BCUT2D eigenvalue weighted by Gasteiger charge is -2.17. The molecule has 0 fully saturated rings. The summed E-state index contributed by atoms with van der Waals surface area (Å²) in [5.74, 6) is 1.10. The van der Waals surface area contributed by atoms with Crippen LogP contribution in [0.25, 0.3) is 0 Å². The van der Waals surface area contributed by atoms with Crippen LogP contribution in [0.4, 0.5) is 0 Å².